The molecule has 0 spiro atoms. The molecule has 15 heteroatoms. The molecule has 0 aromatic carbocycles. The molecule has 0 aliphatic carbocycles. The molecule has 0 bridgehead atoms. The van der Waals surface area contributed by atoms with Gasteiger partial charge >= 0.3 is 6.18 Å². The van der Waals surface area contributed by atoms with E-state index in [0.29, 0.717) is 45.0 Å². The average molecular weight is 522 g/mol. The predicted octanol–water partition coefficient (Wildman–Crippen LogP) is 1.46. The number of halogens is 3. The van der Waals surface area contributed by atoms with E-state index in [1.807, 2.05) is 0 Å². The second-order valence-corrected chi connectivity index (χ2v) is 8.60. The van der Waals surface area contributed by atoms with Gasteiger partial charge in [0.15, 0.2) is 11.4 Å². The summed E-state index contributed by atoms with van der Waals surface area (Å²) in [7, 11) is 0. The van der Waals surface area contributed by atoms with Crippen LogP contribution in [0.1, 0.15) is 51.5 Å². The lowest BCUT2D eigenvalue weighted by atomic mass is 10.1. The number of nitrogens with one attached hydrogen (secondary N) is 2. The van der Waals surface area contributed by atoms with E-state index in [9.17, 15) is 22.8 Å². The van der Waals surface area contributed by atoms with Gasteiger partial charge in [-0.2, -0.15) is 13.2 Å². The standard InChI is InChI=1S/C22H26F3N9O3/c23-22(24,25)16-3-5-26-17(9-16)11-28-21(36)19-13-34(32-30-19)7-2-1-6-33-12-18(29-31-33)20(35)27-10-15-4-8-37-14-15/h3,5,9,12-13,15H,1-2,4,6-8,10-11,14H2,(H,27,35)(H,28,36). The Kier molecular flexibility index (Phi) is 8.43. The summed E-state index contributed by atoms with van der Waals surface area (Å²) < 4.78 is 46.8. The Balaban J connectivity index is 1.16. The molecule has 0 radical (unpaired) electrons. The summed E-state index contributed by atoms with van der Waals surface area (Å²) in [5.41, 5.74) is -0.458. The first-order valence-corrected chi connectivity index (χ1v) is 11.7. The van der Waals surface area contributed by atoms with Gasteiger partial charge in [-0.25, -0.2) is 0 Å². The van der Waals surface area contributed by atoms with Crippen molar-refractivity contribution in [3.05, 3.63) is 53.4 Å². The van der Waals surface area contributed by atoms with Gasteiger partial charge in [-0.15, -0.1) is 10.2 Å². The summed E-state index contributed by atoms with van der Waals surface area (Å²) in [6.07, 6.45) is 1.96. The van der Waals surface area contributed by atoms with E-state index in [1.54, 1.807) is 10.9 Å². The zero-order valence-corrected chi connectivity index (χ0v) is 19.8. The highest BCUT2D eigenvalue weighted by atomic mass is 19.4. The molecule has 37 heavy (non-hydrogen) atoms. The molecule has 1 fully saturated rings. The van der Waals surface area contributed by atoms with Crippen molar-refractivity contribution in [2.75, 3.05) is 19.8 Å². The molecule has 12 nitrogen and oxygen atoms in total. The minimum absolute atomic E-state index is 0.0445. The van der Waals surface area contributed by atoms with E-state index in [1.165, 1.54) is 10.9 Å². The third-order valence-electron chi connectivity index (χ3n) is 5.72. The van der Waals surface area contributed by atoms with Gasteiger partial charge < -0.3 is 15.4 Å². The molecule has 198 valence electrons. The van der Waals surface area contributed by atoms with E-state index in [2.05, 4.69) is 36.2 Å². The van der Waals surface area contributed by atoms with Gasteiger partial charge in [-0.1, -0.05) is 10.4 Å². The molecule has 3 aromatic rings. The molecular formula is C22H26F3N9O3. The number of carbonyl (C=O) groups excluding carboxylic acids is 2. The molecule has 1 saturated heterocycles. The molecule has 1 unspecified atom stereocenters. The van der Waals surface area contributed by atoms with Crippen LogP contribution in [0.15, 0.2) is 30.7 Å². The normalized spacial score (nSPS) is 15.6. The highest BCUT2D eigenvalue weighted by Crippen LogP contribution is 2.28. The topological polar surface area (TPSA) is 142 Å². The van der Waals surface area contributed by atoms with E-state index in [-0.39, 0.29) is 29.5 Å². The van der Waals surface area contributed by atoms with Crippen LogP contribution in [0, 0.1) is 5.92 Å². The van der Waals surface area contributed by atoms with Crippen molar-refractivity contribution in [2.45, 2.75) is 45.1 Å². The Morgan fingerprint density at radius 2 is 1.68 bits per heavy atom. The second kappa shape index (κ2) is 11.9. The third kappa shape index (κ3) is 7.55. The number of ether oxygens (including phenoxy) is 1. The molecule has 4 rings (SSSR count). The Labute approximate surface area is 209 Å². The maximum Gasteiger partial charge on any atom is 0.416 e. The molecule has 0 saturated carbocycles. The van der Waals surface area contributed by atoms with Gasteiger partial charge in [-0.3, -0.25) is 23.9 Å². The number of aryl methyl sites for hydroxylation is 2. The zero-order valence-electron chi connectivity index (χ0n) is 19.8. The van der Waals surface area contributed by atoms with Crippen molar-refractivity contribution in [3.8, 4) is 0 Å². The highest BCUT2D eigenvalue weighted by Gasteiger charge is 2.30. The smallest absolute Gasteiger partial charge is 0.381 e. The molecule has 2 N–H and O–H groups in total. The first-order valence-electron chi connectivity index (χ1n) is 11.7. The van der Waals surface area contributed by atoms with Crippen molar-refractivity contribution in [1.82, 2.24) is 45.6 Å². The number of alkyl halides is 3. The van der Waals surface area contributed by atoms with Gasteiger partial charge in [0, 0.05) is 38.4 Å². The zero-order chi connectivity index (χ0) is 26.3. The van der Waals surface area contributed by atoms with E-state index in [4.69, 9.17) is 4.74 Å². The summed E-state index contributed by atoms with van der Waals surface area (Å²) in [6.45, 7) is 2.78. The molecule has 1 aliphatic rings. The van der Waals surface area contributed by atoms with Crippen LogP contribution in [0.25, 0.3) is 0 Å². The SMILES string of the molecule is O=C(NCc1cc(C(F)(F)F)ccn1)c1cn(CCCCn2cc(C(=O)NCC3CCOC3)nn2)nn1. The van der Waals surface area contributed by atoms with E-state index in [0.717, 1.165) is 31.4 Å². The largest absolute Gasteiger partial charge is 0.416 e. The maximum atomic E-state index is 12.8. The summed E-state index contributed by atoms with van der Waals surface area (Å²) >= 11 is 0. The number of unbranched alkanes of at least 4 members (excludes halogenated alkanes) is 1. The van der Waals surface area contributed by atoms with Crippen LogP contribution in [0.4, 0.5) is 13.2 Å². The molecule has 3 aromatic heterocycles. The van der Waals surface area contributed by atoms with Crippen molar-refractivity contribution in [3.63, 3.8) is 0 Å². The number of pyridine rings is 1. The summed E-state index contributed by atoms with van der Waals surface area (Å²) in [5.74, 6) is -0.510. The first-order chi connectivity index (χ1) is 17.8. The number of rotatable bonds is 11. The summed E-state index contributed by atoms with van der Waals surface area (Å²) in [6, 6.07) is 1.75. The molecule has 1 aliphatic heterocycles. The van der Waals surface area contributed by atoms with Crippen LogP contribution < -0.4 is 10.6 Å². The number of aromatic nitrogens is 7. The Bertz CT molecular complexity index is 1210. The third-order valence-corrected chi connectivity index (χ3v) is 5.72. The van der Waals surface area contributed by atoms with Crippen molar-refractivity contribution < 1.29 is 27.5 Å². The van der Waals surface area contributed by atoms with Crippen LogP contribution in [-0.2, 0) is 30.5 Å². The average Bonchev–Trinajstić information content (AvgIpc) is 3.65. The number of hydrogen-bond donors (Lipinski definition) is 2. The number of hydrogen-bond acceptors (Lipinski definition) is 8. The van der Waals surface area contributed by atoms with Gasteiger partial charge in [-0.05, 0) is 31.4 Å². The Hall–Kier alpha value is -3.88. The second-order valence-electron chi connectivity index (χ2n) is 8.60. The molecule has 4 heterocycles. The summed E-state index contributed by atoms with van der Waals surface area (Å²) in [4.78, 5) is 28.3. The van der Waals surface area contributed by atoms with Crippen molar-refractivity contribution >= 4 is 11.8 Å². The van der Waals surface area contributed by atoms with Crippen LogP contribution in [-0.4, -0.2) is 66.5 Å². The Morgan fingerprint density at radius 1 is 1.03 bits per heavy atom. The minimum Gasteiger partial charge on any atom is -0.381 e. The quantitative estimate of drug-likeness (QED) is 0.361. The fourth-order valence-electron chi connectivity index (χ4n) is 3.66. The number of nitrogens with zero attached hydrogens (tertiary/aromatic N) is 7. The van der Waals surface area contributed by atoms with Crippen molar-refractivity contribution in [2.24, 2.45) is 5.92 Å². The predicted molar refractivity (Wildman–Crippen MR) is 121 cm³/mol. The monoisotopic (exact) mass is 521 g/mol. The Morgan fingerprint density at radius 3 is 2.27 bits per heavy atom. The van der Waals surface area contributed by atoms with Gasteiger partial charge in [0.05, 0.1) is 36.8 Å². The van der Waals surface area contributed by atoms with E-state index >= 15 is 0 Å². The molecule has 1 atom stereocenters. The maximum absolute atomic E-state index is 12.8. The lowest BCUT2D eigenvalue weighted by Crippen LogP contribution is -2.29. The van der Waals surface area contributed by atoms with Crippen molar-refractivity contribution in [1.29, 1.82) is 0 Å². The van der Waals surface area contributed by atoms with Crippen LogP contribution in [0.3, 0.4) is 0 Å². The molecule has 2 amide bonds. The molecular weight excluding hydrogens is 495 g/mol. The first kappa shape index (κ1) is 26.2. The van der Waals surface area contributed by atoms with Gasteiger partial charge in [0.2, 0.25) is 0 Å². The fourth-order valence-corrected chi connectivity index (χ4v) is 3.66. The lowest BCUT2D eigenvalue weighted by Gasteiger charge is -2.08. The number of amides is 2. The van der Waals surface area contributed by atoms with Crippen LogP contribution >= 0.6 is 0 Å². The van der Waals surface area contributed by atoms with Gasteiger partial charge in [0.1, 0.15) is 0 Å². The van der Waals surface area contributed by atoms with Gasteiger partial charge in [0.25, 0.3) is 11.8 Å². The van der Waals surface area contributed by atoms with Crippen LogP contribution in [0.2, 0.25) is 0 Å². The summed E-state index contributed by atoms with van der Waals surface area (Å²) in [5, 5.41) is 21.0. The van der Waals surface area contributed by atoms with E-state index < -0.39 is 17.6 Å². The number of carbonyl (C=O) groups is 2. The fraction of sp³-hybridized carbons (Fsp3) is 0.500. The highest BCUT2D eigenvalue weighted by molar-refractivity contribution is 5.92. The minimum atomic E-state index is -4.49. The van der Waals surface area contributed by atoms with Crippen LogP contribution in [0.5, 0.6) is 0 Å². The lowest BCUT2D eigenvalue weighted by molar-refractivity contribution is -0.137.